The topological polar surface area (TPSA) is 84.0 Å². The molecule has 4 heterocycles. The van der Waals surface area contributed by atoms with Gasteiger partial charge in [-0.25, -0.2) is 9.97 Å². The van der Waals surface area contributed by atoms with E-state index in [-0.39, 0.29) is 22.9 Å². The first-order valence-electron chi connectivity index (χ1n) is 9.38. The van der Waals surface area contributed by atoms with Crippen LogP contribution in [0.25, 0.3) is 21.1 Å². The van der Waals surface area contributed by atoms with E-state index in [1.807, 2.05) is 45.8 Å². The molecule has 32 heavy (non-hydrogen) atoms. The normalized spacial score (nSPS) is 10.8. The van der Waals surface area contributed by atoms with Gasteiger partial charge in [0.05, 0.1) is 32.3 Å². The van der Waals surface area contributed by atoms with Crippen LogP contribution in [0.15, 0.2) is 70.1 Å². The number of hydrogen-bond donors (Lipinski definition) is 2. The first kappa shape index (κ1) is 20.7. The van der Waals surface area contributed by atoms with Crippen LogP contribution < -0.4 is 10.6 Å². The van der Waals surface area contributed by atoms with Crippen molar-refractivity contribution in [2.45, 2.75) is 0 Å². The van der Waals surface area contributed by atoms with E-state index < -0.39 is 0 Å². The molecule has 10 heteroatoms. The number of rotatable bonds is 6. The minimum Gasteiger partial charge on any atom is -0.298 e. The highest BCUT2D eigenvalue weighted by atomic mass is 32.1. The Morgan fingerprint density at radius 1 is 0.625 bits per heavy atom. The summed E-state index contributed by atoms with van der Waals surface area (Å²) in [5.41, 5.74) is 2.18. The summed E-state index contributed by atoms with van der Waals surface area (Å²) in [4.78, 5) is 36.8. The van der Waals surface area contributed by atoms with Gasteiger partial charge in [-0.05, 0) is 35.0 Å². The molecular formula is C22H14N4O2S4. The van der Waals surface area contributed by atoms with Crippen LogP contribution in [0.5, 0.6) is 0 Å². The number of nitrogens with zero attached hydrogens (tertiary/aromatic N) is 2. The van der Waals surface area contributed by atoms with Crippen molar-refractivity contribution in [3.8, 4) is 21.1 Å². The third kappa shape index (κ3) is 4.39. The van der Waals surface area contributed by atoms with E-state index in [1.165, 1.54) is 22.7 Å². The fourth-order valence-corrected chi connectivity index (χ4v) is 5.88. The van der Waals surface area contributed by atoms with Gasteiger partial charge in [0.25, 0.3) is 11.8 Å². The van der Waals surface area contributed by atoms with Gasteiger partial charge in [-0.3, -0.25) is 20.2 Å². The van der Waals surface area contributed by atoms with Crippen LogP contribution in [0, 0.1) is 0 Å². The lowest BCUT2D eigenvalue weighted by atomic mass is 10.1. The molecule has 0 atom stereocenters. The summed E-state index contributed by atoms with van der Waals surface area (Å²) in [6.45, 7) is 0. The molecule has 2 N–H and O–H groups in total. The highest BCUT2D eigenvalue weighted by Crippen LogP contribution is 2.30. The maximum absolute atomic E-state index is 12.9. The second-order valence-corrected chi connectivity index (χ2v) is 10.1. The molecule has 0 aliphatic carbocycles. The Morgan fingerprint density at radius 2 is 1.09 bits per heavy atom. The van der Waals surface area contributed by atoms with E-state index >= 15 is 0 Å². The number of thiazole rings is 2. The van der Waals surface area contributed by atoms with Crippen molar-refractivity contribution >= 4 is 67.4 Å². The van der Waals surface area contributed by atoms with Crippen LogP contribution >= 0.6 is 45.3 Å². The number of hydrogen-bond acceptors (Lipinski definition) is 8. The van der Waals surface area contributed by atoms with Crippen molar-refractivity contribution in [3.63, 3.8) is 0 Å². The largest absolute Gasteiger partial charge is 0.298 e. The molecule has 0 unspecified atom stereocenters. The highest BCUT2D eigenvalue weighted by Gasteiger charge is 2.19. The number of anilines is 2. The molecule has 0 bridgehead atoms. The average molecular weight is 495 g/mol. The number of nitrogens with one attached hydrogen (secondary N) is 2. The van der Waals surface area contributed by atoms with E-state index in [2.05, 4.69) is 20.6 Å². The molecule has 6 nitrogen and oxygen atoms in total. The van der Waals surface area contributed by atoms with Gasteiger partial charge in [-0.2, -0.15) is 0 Å². The molecule has 158 valence electrons. The number of carbonyl (C=O) groups excluding carboxylic acids is 2. The van der Waals surface area contributed by atoms with Crippen molar-refractivity contribution in [1.29, 1.82) is 0 Å². The van der Waals surface area contributed by atoms with Gasteiger partial charge in [-0.15, -0.1) is 45.3 Å². The standard InChI is InChI=1S/C22H14N4O2S4/c27-19(25-21-23-15(11-31-21)17-7-3-9-29-17)13-5-1-2-6-14(13)20(28)26-22-24-16(12-32-22)18-8-4-10-30-18/h1-12H,(H,23,25,27)(H,24,26,28). The predicted octanol–water partition coefficient (Wildman–Crippen LogP) is 6.56. The highest BCUT2D eigenvalue weighted by molar-refractivity contribution is 7.16. The van der Waals surface area contributed by atoms with E-state index in [0.717, 1.165) is 21.1 Å². The summed E-state index contributed by atoms with van der Waals surface area (Å²) in [6, 6.07) is 14.6. The van der Waals surface area contributed by atoms with Crippen molar-refractivity contribution in [2.75, 3.05) is 10.6 Å². The summed E-state index contributed by atoms with van der Waals surface area (Å²) in [7, 11) is 0. The molecule has 1 aromatic carbocycles. The van der Waals surface area contributed by atoms with Crippen LogP contribution in [0.3, 0.4) is 0 Å². The van der Waals surface area contributed by atoms with E-state index in [4.69, 9.17) is 0 Å². The zero-order valence-electron chi connectivity index (χ0n) is 16.3. The molecule has 2 amide bonds. The Bertz CT molecular complexity index is 1270. The number of carbonyl (C=O) groups is 2. The minimum absolute atomic E-state index is 0.271. The second kappa shape index (κ2) is 9.13. The lowest BCUT2D eigenvalue weighted by Gasteiger charge is -2.08. The molecule has 0 fully saturated rings. The quantitative estimate of drug-likeness (QED) is 0.280. The molecular weight excluding hydrogens is 481 g/mol. The van der Waals surface area contributed by atoms with Crippen LogP contribution in [0.1, 0.15) is 20.7 Å². The summed E-state index contributed by atoms with van der Waals surface area (Å²) in [5, 5.41) is 14.3. The monoisotopic (exact) mass is 494 g/mol. The summed E-state index contributed by atoms with van der Waals surface area (Å²) in [6.07, 6.45) is 0. The summed E-state index contributed by atoms with van der Waals surface area (Å²) < 4.78 is 0. The third-order valence-corrected chi connectivity index (χ3v) is 7.71. The van der Waals surface area contributed by atoms with Crippen LogP contribution in [-0.4, -0.2) is 21.8 Å². The van der Waals surface area contributed by atoms with Gasteiger partial charge in [0.15, 0.2) is 10.3 Å². The van der Waals surface area contributed by atoms with Gasteiger partial charge in [0, 0.05) is 10.8 Å². The molecule has 0 aliphatic heterocycles. The van der Waals surface area contributed by atoms with Crippen molar-refractivity contribution < 1.29 is 9.59 Å². The number of thiophene rings is 2. The Labute approximate surface area is 199 Å². The second-order valence-electron chi connectivity index (χ2n) is 6.48. The average Bonchev–Trinajstić information content (AvgIpc) is 3.61. The Hall–Kier alpha value is -3.18. The molecule has 0 saturated heterocycles. The smallest absolute Gasteiger partial charge is 0.258 e. The minimum atomic E-state index is -0.388. The molecule has 4 aromatic heterocycles. The van der Waals surface area contributed by atoms with Crippen molar-refractivity contribution in [1.82, 2.24) is 9.97 Å². The van der Waals surface area contributed by atoms with Gasteiger partial charge in [0.2, 0.25) is 0 Å². The Morgan fingerprint density at radius 3 is 1.50 bits per heavy atom. The van der Waals surface area contributed by atoms with Gasteiger partial charge in [-0.1, -0.05) is 24.3 Å². The number of amides is 2. The molecule has 0 saturated carbocycles. The van der Waals surface area contributed by atoms with E-state index in [1.54, 1.807) is 46.9 Å². The summed E-state index contributed by atoms with van der Waals surface area (Å²) in [5.74, 6) is -0.775. The lowest BCUT2D eigenvalue weighted by Crippen LogP contribution is -2.20. The number of benzene rings is 1. The van der Waals surface area contributed by atoms with E-state index in [0.29, 0.717) is 10.3 Å². The van der Waals surface area contributed by atoms with Gasteiger partial charge >= 0.3 is 0 Å². The molecule has 0 spiro atoms. The third-order valence-electron chi connectivity index (χ3n) is 4.41. The summed E-state index contributed by atoms with van der Waals surface area (Å²) >= 11 is 5.86. The van der Waals surface area contributed by atoms with Crippen molar-refractivity contribution in [3.05, 3.63) is 81.2 Å². The van der Waals surface area contributed by atoms with Gasteiger partial charge < -0.3 is 0 Å². The lowest BCUT2D eigenvalue weighted by molar-refractivity contribution is 0.0990. The number of aromatic nitrogens is 2. The molecule has 0 aliphatic rings. The first-order chi connectivity index (χ1) is 15.7. The Balaban J connectivity index is 1.32. The first-order valence-corrected chi connectivity index (χ1v) is 12.9. The SMILES string of the molecule is O=C(Nc1nc(-c2cccs2)cs1)c1ccccc1C(=O)Nc1nc(-c2cccs2)cs1. The molecule has 5 rings (SSSR count). The Kier molecular flexibility index (Phi) is 5.91. The zero-order chi connectivity index (χ0) is 21.9. The van der Waals surface area contributed by atoms with Gasteiger partial charge in [0.1, 0.15) is 0 Å². The molecule has 5 aromatic rings. The van der Waals surface area contributed by atoms with Crippen LogP contribution in [0.2, 0.25) is 0 Å². The predicted molar refractivity (Wildman–Crippen MR) is 133 cm³/mol. The fraction of sp³-hybridized carbons (Fsp3) is 0. The van der Waals surface area contributed by atoms with Crippen molar-refractivity contribution in [2.24, 2.45) is 0 Å². The maximum Gasteiger partial charge on any atom is 0.258 e. The maximum atomic E-state index is 12.9. The van der Waals surface area contributed by atoms with E-state index in [9.17, 15) is 9.59 Å². The van der Waals surface area contributed by atoms with Crippen LogP contribution in [-0.2, 0) is 0 Å². The zero-order valence-corrected chi connectivity index (χ0v) is 19.5. The molecule has 0 radical (unpaired) electrons. The van der Waals surface area contributed by atoms with Crippen LogP contribution in [0.4, 0.5) is 10.3 Å². The fourth-order valence-electron chi connectivity index (χ4n) is 2.95.